The van der Waals surface area contributed by atoms with Gasteiger partial charge >= 0.3 is 5.97 Å². The molecule has 0 saturated carbocycles. The molecule has 1 aromatic carbocycles. The minimum absolute atomic E-state index is 0.145. The first-order chi connectivity index (χ1) is 12.8. The van der Waals surface area contributed by atoms with Crippen LogP contribution in [-0.4, -0.2) is 41.0 Å². The van der Waals surface area contributed by atoms with Crippen LogP contribution in [0.5, 0.6) is 5.75 Å². The normalized spacial score (nSPS) is 11.5. The number of nitrogens with zero attached hydrogens (tertiary/aromatic N) is 1. The summed E-state index contributed by atoms with van der Waals surface area (Å²) in [6.45, 7) is 5.33. The number of nitrogens with one attached hydrogen (secondary N) is 2. The molecule has 1 atom stereocenters. The number of carboxylic acids is 1. The van der Waals surface area contributed by atoms with Crippen molar-refractivity contribution in [3.63, 3.8) is 0 Å². The predicted octanol–water partition coefficient (Wildman–Crippen LogP) is 2.16. The third-order valence-electron chi connectivity index (χ3n) is 3.60. The molecule has 144 valence electrons. The SMILES string of the molecule is CCOc1ccccc1C(=O)NCC(=O)NC(C)c1nc(C)c(C(=O)O)s1. The van der Waals surface area contributed by atoms with Crippen molar-refractivity contribution in [1.82, 2.24) is 15.6 Å². The number of carbonyl (C=O) groups excluding carboxylic acids is 2. The molecule has 0 fully saturated rings. The van der Waals surface area contributed by atoms with Crippen LogP contribution in [-0.2, 0) is 4.79 Å². The summed E-state index contributed by atoms with van der Waals surface area (Å²) in [4.78, 5) is 39.8. The Morgan fingerprint density at radius 2 is 2.00 bits per heavy atom. The van der Waals surface area contributed by atoms with Crippen LogP contribution in [0.1, 0.15) is 50.6 Å². The maximum absolute atomic E-state index is 12.3. The van der Waals surface area contributed by atoms with E-state index in [9.17, 15) is 14.4 Å². The van der Waals surface area contributed by atoms with Crippen LogP contribution in [0.2, 0.25) is 0 Å². The number of thiazole rings is 1. The monoisotopic (exact) mass is 391 g/mol. The van der Waals surface area contributed by atoms with E-state index in [1.165, 1.54) is 0 Å². The molecule has 8 nitrogen and oxygen atoms in total. The van der Waals surface area contributed by atoms with Gasteiger partial charge in [0.1, 0.15) is 15.6 Å². The molecule has 0 spiro atoms. The van der Waals surface area contributed by atoms with Crippen molar-refractivity contribution < 1.29 is 24.2 Å². The van der Waals surface area contributed by atoms with Crippen molar-refractivity contribution in [2.45, 2.75) is 26.8 Å². The van der Waals surface area contributed by atoms with E-state index in [1.54, 1.807) is 38.1 Å². The number of ether oxygens (including phenoxy) is 1. The topological polar surface area (TPSA) is 118 Å². The number of carboxylic acid groups (broad SMARTS) is 1. The predicted molar refractivity (Wildman–Crippen MR) is 100 cm³/mol. The van der Waals surface area contributed by atoms with Gasteiger partial charge in [-0.1, -0.05) is 12.1 Å². The second-order valence-electron chi connectivity index (χ2n) is 5.67. The number of benzene rings is 1. The van der Waals surface area contributed by atoms with Crippen LogP contribution < -0.4 is 15.4 Å². The highest BCUT2D eigenvalue weighted by atomic mass is 32.1. The van der Waals surface area contributed by atoms with E-state index in [1.807, 2.05) is 6.92 Å². The van der Waals surface area contributed by atoms with Gasteiger partial charge in [-0.2, -0.15) is 0 Å². The van der Waals surface area contributed by atoms with Gasteiger partial charge in [0.2, 0.25) is 5.91 Å². The molecule has 2 rings (SSSR count). The van der Waals surface area contributed by atoms with Crippen molar-refractivity contribution in [3.05, 3.63) is 45.4 Å². The van der Waals surface area contributed by atoms with Gasteiger partial charge in [0.15, 0.2) is 0 Å². The Morgan fingerprint density at radius 1 is 1.30 bits per heavy atom. The smallest absolute Gasteiger partial charge is 0.347 e. The zero-order chi connectivity index (χ0) is 20.0. The summed E-state index contributed by atoms with van der Waals surface area (Å²) >= 11 is 1.02. The van der Waals surface area contributed by atoms with E-state index in [2.05, 4.69) is 15.6 Å². The summed E-state index contributed by atoms with van der Waals surface area (Å²) in [5.41, 5.74) is 0.756. The lowest BCUT2D eigenvalue weighted by atomic mass is 10.2. The summed E-state index contributed by atoms with van der Waals surface area (Å²) in [5.74, 6) is -1.42. The largest absolute Gasteiger partial charge is 0.493 e. The highest BCUT2D eigenvalue weighted by Gasteiger charge is 2.20. The summed E-state index contributed by atoms with van der Waals surface area (Å²) < 4.78 is 5.40. The maximum Gasteiger partial charge on any atom is 0.347 e. The molecule has 1 unspecified atom stereocenters. The number of hydrogen-bond acceptors (Lipinski definition) is 6. The lowest BCUT2D eigenvalue weighted by Gasteiger charge is -2.13. The summed E-state index contributed by atoms with van der Waals surface area (Å²) in [6, 6.07) is 6.31. The fraction of sp³-hybridized carbons (Fsp3) is 0.333. The van der Waals surface area contributed by atoms with Crippen molar-refractivity contribution in [2.24, 2.45) is 0 Å². The lowest BCUT2D eigenvalue weighted by molar-refractivity contribution is -0.120. The van der Waals surface area contributed by atoms with Gasteiger partial charge in [0.25, 0.3) is 5.91 Å². The summed E-state index contributed by atoms with van der Waals surface area (Å²) in [7, 11) is 0. The van der Waals surface area contributed by atoms with Gasteiger partial charge in [0, 0.05) is 0 Å². The zero-order valence-corrected chi connectivity index (χ0v) is 16.1. The highest BCUT2D eigenvalue weighted by Crippen LogP contribution is 2.23. The van der Waals surface area contributed by atoms with E-state index in [0.717, 1.165) is 11.3 Å². The van der Waals surface area contributed by atoms with Crippen LogP contribution in [0.15, 0.2) is 24.3 Å². The lowest BCUT2D eigenvalue weighted by Crippen LogP contribution is -2.38. The minimum Gasteiger partial charge on any atom is -0.493 e. The van der Waals surface area contributed by atoms with E-state index in [-0.39, 0.29) is 11.4 Å². The second kappa shape index (κ2) is 9.13. The molecule has 9 heteroatoms. The average molecular weight is 391 g/mol. The molecule has 0 radical (unpaired) electrons. The Kier molecular flexibility index (Phi) is 6.89. The van der Waals surface area contributed by atoms with E-state index < -0.39 is 23.8 Å². The molecule has 0 aliphatic rings. The number of para-hydroxylation sites is 1. The number of amides is 2. The number of carbonyl (C=O) groups is 3. The van der Waals surface area contributed by atoms with Gasteiger partial charge in [-0.05, 0) is 32.9 Å². The summed E-state index contributed by atoms with van der Waals surface area (Å²) in [6.07, 6.45) is 0. The Balaban J connectivity index is 1.93. The van der Waals surface area contributed by atoms with Gasteiger partial charge in [-0.3, -0.25) is 9.59 Å². The van der Waals surface area contributed by atoms with Crippen molar-refractivity contribution in [1.29, 1.82) is 0 Å². The van der Waals surface area contributed by atoms with Crippen molar-refractivity contribution >= 4 is 29.1 Å². The van der Waals surface area contributed by atoms with Crippen LogP contribution >= 0.6 is 11.3 Å². The van der Waals surface area contributed by atoms with Gasteiger partial charge < -0.3 is 20.5 Å². The molecule has 1 heterocycles. The van der Waals surface area contributed by atoms with E-state index >= 15 is 0 Å². The van der Waals surface area contributed by atoms with Crippen LogP contribution in [0.3, 0.4) is 0 Å². The van der Waals surface area contributed by atoms with Crippen molar-refractivity contribution in [3.8, 4) is 5.75 Å². The fourth-order valence-electron chi connectivity index (χ4n) is 2.35. The van der Waals surface area contributed by atoms with Crippen LogP contribution in [0.4, 0.5) is 0 Å². The Morgan fingerprint density at radius 3 is 2.63 bits per heavy atom. The van der Waals surface area contributed by atoms with Gasteiger partial charge in [0.05, 0.1) is 30.5 Å². The van der Waals surface area contributed by atoms with E-state index in [0.29, 0.717) is 28.6 Å². The molecule has 0 saturated heterocycles. The number of aromatic carboxylic acids is 1. The molecule has 2 aromatic rings. The third-order valence-corrected chi connectivity index (χ3v) is 4.92. The molecule has 3 N–H and O–H groups in total. The molecule has 27 heavy (non-hydrogen) atoms. The minimum atomic E-state index is -1.05. The van der Waals surface area contributed by atoms with Crippen LogP contribution in [0, 0.1) is 6.92 Å². The Bertz CT molecular complexity index is 849. The second-order valence-corrected chi connectivity index (χ2v) is 6.70. The quantitative estimate of drug-likeness (QED) is 0.635. The molecule has 0 aliphatic carbocycles. The first-order valence-corrected chi connectivity index (χ1v) is 9.15. The number of aromatic nitrogens is 1. The molecule has 1 aromatic heterocycles. The molecule has 0 aliphatic heterocycles. The molecular weight excluding hydrogens is 370 g/mol. The molecule has 2 amide bonds. The average Bonchev–Trinajstić information content (AvgIpc) is 3.02. The fourth-order valence-corrected chi connectivity index (χ4v) is 3.25. The number of rotatable bonds is 8. The number of aryl methyl sites for hydroxylation is 1. The Labute approximate surface area is 160 Å². The first-order valence-electron chi connectivity index (χ1n) is 8.33. The summed E-state index contributed by atoms with van der Waals surface area (Å²) in [5, 5.41) is 14.8. The van der Waals surface area contributed by atoms with E-state index in [4.69, 9.17) is 9.84 Å². The van der Waals surface area contributed by atoms with Crippen LogP contribution in [0.25, 0.3) is 0 Å². The standard InChI is InChI=1S/C18H21N3O5S/c1-4-26-13-8-6-5-7-12(13)16(23)19-9-14(22)20-11(3)17-21-10(2)15(27-17)18(24)25/h5-8,11H,4,9H2,1-3H3,(H,19,23)(H,20,22)(H,24,25). The maximum atomic E-state index is 12.3. The first kappa shape index (κ1) is 20.4. The van der Waals surface area contributed by atoms with Gasteiger partial charge in [-0.25, -0.2) is 9.78 Å². The molecular formula is C18H21N3O5S. The highest BCUT2D eigenvalue weighted by molar-refractivity contribution is 7.13. The van der Waals surface area contributed by atoms with Gasteiger partial charge in [-0.15, -0.1) is 11.3 Å². The zero-order valence-electron chi connectivity index (χ0n) is 15.2. The molecule has 0 bridgehead atoms. The third kappa shape index (κ3) is 5.27. The Hall–Kier alpha value is -2.94. The van der Waals surface area contributed by atoms with Crippen molar-refractivity contribution in [2.75, 3.05) is 13.2 Å². The number of hydrogen-bond donors (Lipinski definition) is 3.